The van der Waals surface area contributed by atoms with E-state index in [0.29, 0.717) is 6.10 Å². The lowest BCUT2D eigenvalue weighted by molar-refractivity contribution is 0.110. The van der Waals surface area contributed by atoms with Crippen LogP contribution in [0.25, 0.3) is 11.0 Å². The molecule has 78 valence electrons. The van der Waals surface area contributed by atoms with Gasteiger partial charge in [-0.3, -0.25) is 4.98 Å². The van der Waals surface area contributed by atoms with Crippen LogP contribution in [0.3, 0.4) is 0 Å². The number of aromatic amines is 1. The van der Waals surface area contributed by atoms with Crippen LogP contribution in [-0.2, 0) is 11.2 Å². The lowest BCUT2D eigenvalue weighted by Gasteiger charge is -2.05. The Labute approximate surface area is 87.7 Å². The van der Waals surface area contributed by atoms with Crippen LogP contribution in [0.4, 0.5) is 0 Å². The summed E-state index contributed by atoms with van der Waals surface area (Å²) < 4.78 is 5.58. The number of ether oxygens (including phenoxy) is 1. The molecule has 2 aromatic rings. The summed E-state index contributed by atoms with van der Waals surface area (Å²) in [5.41, 5.74) is 1.99. The minimum atomic E-state index is 0.346. The third-order valence-corrected chi connectivity index (χ3v) is 2.78. The van der Waals surface area contributed by atoms with Crippen molar-refractivity contribution >= 4 is 11.0 Å². The predicted molar refractivity (Wildman–Crippen MR) is 56.6 cm³/mol. The number of pyridine rings is 1. The molecule has 2 aromatic heterocycles. The predicted octanol–water partition coefficient (Wildman–Crippen LogP) is 1.68. The molecule has 0 bridgehead atoms. The molecular weight excluding hydrogens is 190 g/mol. The largest absolute Gasteiger partial charge is 0.378 e. The first-order chi connectivity index (χ1) is 7.42. The molecular formula is C11H13N3O. The van der Waals surface area contributed by atoms with E-state index in [4.69, 9.17) is 4.74 Å². The second-order valence-electron chi connectivity index (χ2n) is 3.92. The molecule has 0 aliphatic carbocycles. The highest BCUT2D eigenvalue weighted by Gasteiger charge is 2.17. The second kappa shape index (κ2) is 3.62. The van der Waals surface area contributed by atoms with Crippen LogP contribution in [0.1, 0.15) is 18.7 Å². The minimum Gasteiger partial charge on any atom is -0.378 e. The van der Waals surface area contributed by atoms with Crippen LogP contribution >= 0.6 is 0 Å². The van der Waals surface area contributed by atoms with E-state index in [1.165, 1.54) is 6.42 Å². The van der Waals surface area contributed by atoms with Gasteiger partial charge in [-0.1, -0.05) is 0 Å². The number of hydrogen-bond acceptors (Lipinski definition) is 3. The van der Waals surface area contributed by atoms with Crippen molar-refractivity contribution < 1.29 is 4.74 Å². The molecule has 1 aliphatic rings. The van der Waals surface area contributed by atoms with Crippen LogP contribution in [-0.4, -0.2) is 27.7 Å². The molecule has 15 heavy (non-hydrogen) atoms. The Morgan fingerprint density at radius 2 is 2.53 bits per heavy atom. The molecule has 1 atom stereocenters. The molecule has 0 aromatic carbocycles. The van der Waals surface area contributed by atoms with Gasteiger partial charge in [0.15, 0.2) is 0 Å². The molecule has 0 spiro atoms. The van der Waals surface area contributed by atoms with E-state index in [-0.39, 0.29) is 0 Å². The van der Waals surface area contributed by atoms with Crippen molar-refractivity contribution in [3.8, 4) is 0 Å². The van der Waals surface area contributed by atoms with Gasteiger partial charge in [0.1, 0.15) is 5.82 Å². The van der Waals surface area contributed by atoms with E-state index < -0.39 is 0 Å². The molecule has 0 amide bonds. The highest BCUT2D eigenvalue weighted by atomic mass is 16.5. The van der Waals surface area contributed by atoms with Crippen LogP contribution in [0.5, 0.6) is 0 Å². The van der Waals surface area contributed by atoms with E-state index in [9.17, 15) is 0 Å². The summed E-state index contributed by atoms with van der Waals surface area (Å²) in [7, 11) is 0. The molecule has 1 aliphatic heterocycles. The van der Waals surface area contributed by atoms with E-state index in [1.807, 2.05) is 6.07 Å². The van der Waals surface area contributed by atoms with Gasteiger partial charge in [-0.15, -0.1) is 0 Å². The van der Waals surface area contributed by atoms with Crippen molar-refractivity contribution in [1.29, 1.82) is 0 Å². The Morgan fingerprint density at radius 1 is 1.53 bits per heavy atom. The van der Waals surface area contributed by atoms with Gasteiger partial charge in [-0.25, -0.2) is 4.98 Å². The summed E-state index contributed by atoms with van der Waals surface area (Å²) in [6, 6.07) is 1.92. The molecule has 3 rings (SSSR count). The summed E-state index contributed by atoms with van der Waals surface area (Å²) in [5, 5.41) is 0. The lowest BCUT2D eigenvalue weighted by Crippen LogP contribution is -2.09. The van der Waals surface area contributed by atoms with Gasteiger partial charge >= 0.3 is 0 Å². The van der Waals surface area contributed by atoms with E-state index in [2.05, 4.69) is 15.0 Å². The fraction of sp³-hybridized carbons (Fsp3) is 0.455. The fourth-order valence-electron chi connectivity index (χ4n) is 2.03. The molecule has 4 nitrogen and oxygen atoms in total. The van der Waals surface area contributed by atoms with E-state index in [1.54, 1.807) is 12.4 Å². The zero-order valence-electron chi connectivity index (χ0n) is 8.44. The third-order valence-electron chi connectivity index (χ3n) is 2.78. The summed E-state index contributed by atoms with van der Waals surface area (Å²) in [6.07, 6.45) is 7.12. The van der Waals surface area contributed by atoms with Crippen molar-refractivity contribution in [1.82, 2.24) is 15.0 Å². The standard InChI is InChI=1S/C11H13N3O/c1-2-8(15-5-1)6-11-13-9-3-4-12-7-10(9)14-11/h3-4,7-8H,1-2,5-6H2,(H,13,14). The van der Waals surface area contributed by atoms with Gasteiger partial charge in [0.25, 0.3) is 0 Å². The molecule has 1 unspecified atom stereocenters. The number of hydrogen-bond donors (Lipinski definition) is 1. The van der Waals surface area contributed by atoms with Gasteiger partial charge in [0.2, 0.25) is 0 Å². The first-order valence-electron chi connectivity index (χ1n) is 5.32. The Bertz CT molecular complexity index is 427. The van der Waals surface area contributed by atoms with Gasteiger partial charge in [0, 0.05) is 19.2 Å². The van der Waals surface area contributed by atoms with Crippen LogP contribution < -0.4 is 0 Å². The Balaban J connectivity index is 1.84. The van der Waals surface area contributed by atoms with Gasteiger partial charge in [-0.05, 0) is 18.9 Å². The highest BCUT2D eigenvalue weighted by molar-refractivity contribution is 5.73. The highest BCUT2D eigenvalue weighted by Crippen LogP contribution is 2.17. The maximum atomic E-state index is 5.58. The lowest BCUT2D eigenvalue weighted by atomic mass is 10.2. The molecule has 4 heteroatoms. The van der Waals surface area contributed by atoms with Crippen molar-refractivity contribution in [3.63, 3.8) is 0 Å². The quantitative estimate of drug-likeness (QED) is 0.807. The van der Waals surface area contributed by atoms with Gasteiger partial charge < -0.3 is 9.72 Å². The van der Waals surface area contributed by atoms with Gasteiger partial charge in [-0.2, -0.15) is 0 Å². The van der Waals surface area contributed by atoms with Crippen molar-refractivity contribution in [2.45, 2.75) is 25.4 Å². The van der Waals surface area contributed by atoms with E-state index >= 15 is 0 Å². The number of nitrogens with one attached hydrogen (secondary N) is 1. The first kappa shape index (κ1) is 8.85. The molecule has 1 N–H and O–H groups in total. The number of fused-ring (bicyclic) bond motifs is 1. The Kier molecular flexibility index (Phi) is 2.14. The number of nitrogens with zero attached hydrogens (tertiary/aromatic N) is 2. The minimum absolute atomic E-state index is 0.346. The molecule has 0 radical (unpaired) electrons. The normalized spacial score (nSPS) is 21.2. The zero-order chi connectivity index (χ0) is 10.1. The Morgan fingerprint density at radius 3 is 3.33 bits per heavy atom. The number of aromatic nitrogens is 3. The number of imidazole rings is 1. The van der Waals surface area contributed by atoms with Crippen molar-refractivity contribution in [2.24, 2.45) is 0 Å². The first-order valence-corrected chi connectivity index (χ1v) is 5.32. The van der Waals surface area contributed by atoms with Gasteiger partial charge in [0.05, 0.1) is 23.3 Å². The molecule has 1 fully saturated rings. The average molecular weight is 203 g/mol. The summed E-state index contributed by atoms with van der Waals surface area (Å²) in [4.78, 5) is 11.8. The summed E-state index contributed by atoms with van der Waals surface area (Å²) in [5.74, 6) is 1.00. The fourth-order valence-corrected chi connectivity index (χ4v) is 2.03. The van der Waals surface area contributed by atoms with Crippen molar-refractivity contribution in [3.05, 3.63) is 24.3 Å². The average Bonchev–Trinajstić information content (AvgIpc) is 2.86. The maximum absolute atomic E-state index is 5.58. The summed E-state index contributed by atoms with van der Waals surface area (Å²) in [6.45, 7) is 0.895. The monoisotopic (exact) mass is 203 g/mol. The van der Waals surface area contributed by atoms with Crippen LogP contribution in [0, 0.1) is 0 Å². The summed E-state index contributed by atoms with van der Waals surface area (Å²) >= 11 is 0. The van der Waals surface area contributed by atoms with Crippen molar-refractivity contribution in [2.75, 3.05) is 6.61 Å². The SMILES string of the molecule is c1cc2nc(CC3CCCO3)[nH]c2cn1. The second-order valence-corrected chi connectivity index (χ2v) is 3.92. The molecule has 3 heterocycles. The maximum Gasteiger partial charge on any atom is 0.109 e. The zero-order valence-corrected chi connectivity index (χ0v) is 8.44. The van der Waals surface area contributed by atoms with E-state index in [0.717, 1.165) is 36.3 Å². The smallest absolute Gasteiger partial charge is 0.109 e. The molecule has 0 saturated carbocycles. The number of rotatable bonds is 2. The topological polar surface area (TPSA) is 50.8 Å². The number of H-pyrrole nitrogens is 1. The Hall–Kier alpha value is -1.42. The van der Waals surface area contributed by atoms with Crippen LogP contribution in [0.15, 0.2) is 18.5 Å². The van der Waals surface area contributed by atoms with Crippen LogP contribution in [0.2, 0.25) is 0 Å². The third kappa shape index (κ3) is 1.72. The molecule has 1 saturated heterocycles.